The Kier molecular flexibility index (Phi) is 5.89. The molecule has 0 spiro atoms. The fraction of sp³-hybridized carbons (Fsp3) is 0.143. The van der Waals surface area contributed by atoms with Crippen molar-refractivity contribution in [3.05, 3.63) is 72.3 Å². The van der Waals surface area contributed by atoms with E-state index in [1.165, 1.54) is 0 Å². The monoisotopic (exact) mass is 363 g/mol. The van der Waals surface area contributed by atoms with Crippen LogP contribution in [-0.2, 0) is 0 Å². The van der Waals surface area contributed by atoms with Gasteiger partial charge in [0.25, 0.3) is 5.91 Å². The largest absolute Gasteiger partial charge is 0.497 e. The molecule has 0 bridgehead atoms. The average molecular weight is 363 g/mol. The van der Waals surface area contributed by atoms with Crippen LogP contribution in [0.3, 0.4) is 0 Å². The van der Waals surface area contributed by atoms with E-state index in [9.17, 15) is 9.59 Å². The first-order chi connectivity index (χ1) is 13.2. The molecule has 0 radical (unpaired) electrons. The molecular formula is C21H21N3O3. The Hall–Kier alpha value is -3.54. The SMILES string of the molecule is COc1ccc(C(=O)NCCNC(=O)Nc2cccc3ccccc23)cc1. The van der Waals surface area contributed by atoms with E-state index in [0.717, 1.165) is 16.5 Å². The van der Waals surface area contributed by atoms with Gasteiger partial charge in [-0.3, -0.25) is 4.79 Å². The van der Waals surface area contributed by atoms with Gasteiger partial charge in [-0.05, 0) is 35.7 Å². The summed E-state index contributed by atoms with van der Waals surface area (Å²) in [4.78, 5) is 24.1. The third-order valence-electron chi connectivity index (χ3n) is 4.09. The topological polar surface area (TPSA) is 79.5 Å². The number of hydrogen-bond donors (Lipinski definition) is 3. The zero-order valence-electron chi connectivity index (χ0n) is 15.0. The number of ether oxygens (including phenoxy) is 1. The molecule has 3 amide bonds. The van der Waals surface area contributed by atoms with Gasteiger partial charge in [-0.15, -0.1) is 0 Å². The highest BCUT2D eigenvalue weighted by Gasteiger charge is 2.07. The summed E-state index contributed by atoms with van der Waals surface area (Å²) in [5.41, 5.74) is 1.28. The predicted octanol–water partition coefficient (Wildman–Crippen LogP) is 3.40. The van der Waals surface area contributed by atoms with Crippen LogP contribution in [0.1, 0.15) is 10.4 Å². The molecule has 0 fully saturated rings. The molecule has 0 aliphatic heterocycles. The molecule has 0 aromatic heterocycles. The number of rotatable bonds is 6. The summed E-state index contributed by atoms with van der Waals surface area (Å²) in [5, 5.41) is 10.4. The van der Waals surface area contributed by atoms with E-state index in [-0.39, 0.29) is 11.9 Å². The summed E-state index contributed by atoms with van der Waals surface area (Å²) in [5.74, 6) is 0.493. The Balaban J connectivity index is 1.46. The van der Waals surface area contributed by atoms with E-state index in [2.05, 4.69) is 16.0 Å². The minimum Gasteiger partial charge on any atom is -0.497 e. The van der Waals surface area contributed by atoms with Gasteiger partial charge in [-0.1, -0.05) is 36.4 Å². The van der Waals surface area contributed by atoms with Crippen LogP contribution in [0.4, 0.5) is 10.5 Å². The Bertz CT molecular complexity index is 934. The van der Waals surface area contributed by atoms with Gasteiger partial charge in [0, 0.05) is 24.0 Å². The van der Waals surface area contributed by atoms with Crippen molar-refractivity contribution in [3.63, 3.8) is 0 Å². The van der Waals surface area contributed by atoms with Crippen molar-refractivity contribution in [2.45, 2.75) is 0 Å². The molecule has 6 nitrogen and oxygen atoms in total. The Labute approximate surface area is 157 Å². The minimum atomic E-state index is -0.315. The second-order valence-corrected chi connectivity index (χ2v) is 5.89. The number of anilines is 1. The van der Waals surface area contributed by atoms with E-state index in [1.54, 1.807) is 31.4 Å². The van der Waals surface area contributed by atoms with Gasteiger partial charge in [0.05, 0.1) is 12.8 Å². The first-order valence-electron chi connectivity index (χ1n) is 8.62. The lowest BCUT2D eigenvalue weighted by atomic mass is 10.1. The number of carbonyl (C=O) groups is 2. The van der Waals surface area contributed by atoms with Crippen molar-refractivity contribution >= 4 is 28.4 Å². The zero-order chi connectivity index (χ0) is 19.1. The summed E-state index contributed by atoms with van der Waals surface area (Å²) in [6.45, 7) is 0.645. The number of fused-ring (bicyclic) bond motifs is 1. The molecule has 3 aromatic rings. The predicted molar refractivity (Wildman–Crippen MR) is 106 cm³/mol. The Morgan fingerprint density at radius 2 is 1.56 bits per heavy atom. The van der Waals surface area contributed by atoms with Gasteiger partial charge in [0.15, 0.2) is 0 Å². The van der Waals surface area contributed by atoms with E-state index >= 15 is 0 Å². The second-order valence-electron chi connectivity index (χ2n) is 5.89. The van der Waals surface area contributed by atoms with Crippen molar-refractivity contribution in [3.8, 4) is 5.75 Å². The molecule has 3 rings (SSSR count). The van der Waals surface area contributed by atoms with Gasteiger partial charge < -0.3 is 20.7 Å². The maximum atomic E-state index is 12.1. The molecule has 3 N–H and O–H groups in total. The van der Waals surface area contributed by atoms with Gasteiger partial charge in [-0.25, -0.2) is 4.79 Å². The molecule has 0 saturated heterocycles. The normalized spacial score (nSPS) is 10.3. The molecule has 0 aliphatic carbocycles. The number of carbonyl (C=O) groups excluding carboxylic acids is 2. The third-order valence-corrected chi connectivity index (χ3v) is 4.09. The first kappa shape index (κ1) is 18.3. The molecule has 0 atom stereocenters. The number of hydrogen-bond acceptors (Lipinski definition) is 3. The third kappa shape index (κ3) is 4.76. The van der Waals surface area contributed by atoms with Gasteiger partial charge in [0.1, 0.15) is 5.75 Å². The standard InChI is InChI=1S/C21H21N3O3/c1-27-17-11-9-16(10-12-17)20(25)22-13-14-23-21(26)24-19-8-4-6-15-5-2-3-7-18(15)19/h2-12H,13-14H2,1H3,(H,22,25)(H2,23,24,26). The number of urea groups is 1. The lowest BCUT2D eigenvalue weighted by Crippen LogP contribution is -2.36. The van der Waals surface area contributed by atoms with Gasteiger partial charge in [-0.2, -0.15) is 0 Å². The van der Waals surface area contributed by atoms with Crippen LogP contribution in [0.15, 0.2) is 66.7 Å². The molecule has 27 heavy (non-hydrogen) atoms. The van der Waals surface area contributed by atoms with E-state index in [4.69, 9.17) is 4.74 Å². The highest BCUT2D eigenvalue weighted by molar-refractivity contribution is 6.01. The highest BCUT2D eigenvalue weighted by atomic mass is 16.5. The summed E-state index contributed by atoms with van der Waals surface area (Å²) in [7, 11) is 1.57. The molecule has 0 saturated carbocycles. The molecule has 6 heteroatoms. The van der Waals surface area contributed by atoms with E-state index in [1.807, 2.05) is 42.5 Å². The van der Waals surface area contributed by atoms with Crippen molar-refractivity contribution in [1.29, 1.82) is 0 Å². The molecule has 138 valence electrons. The van der Waals surface area contributed by atoms with Gasteiger partial charge >= 0.3 is 6.03 Å². The van der Waals surface area contributed by atoms with Crippen molar-refractivity contribution < 1.29 is 14.3 Å². The van der Waals surface area contributed by atoms with Gasteiger partial charge in [0.2, 0.25) is 0 Å². The number of nitrogens with one attached hydrogen (secondary N) is 3. The van der Waals surface area contributed by atoms with Crippen molar-refractivity contribution in [1.82, 2.24) is 10.6 Å². The fourth-order valence-corrected chi connectivity index (χ4v) is 2.70. The van der Waals surface area contributed by atoms with Crippen LogP contribution in [0.5, 0.6) is 5.75 Å². The maximum Gasteiger partial charge on any atom is 0.319 e. The minimum absolute atomic E-state index is 0.200. The number of methoxy groups -OCH3 is 1. The number of amides is 3. The van der Waals surface area contributed by atoms with Crippen LogP contribution in [0.2, 0.25) is 0 Å². The summed E-state index contributed by atoms with van der Waals surface area (Å²) >= 11 is 0. The Morgan fingerprint density at radius 1 is 0.852 bits per heavy atom. The Morgan fingerprint density at radius 3 is 2.33 bits per heavy atom. The van der Waals surface area contributed by atoms with E-state index < -0.39 is 0 Å². The molecule has 0 heterocycles. The quantitative estimate of drug-likeness (QED) is 0.587. The van der Waals surface area contributed by atoms with Crippen LogP contribution in [0.25, 0.3) is 10.8 Å². The van der Waals surface area contributed by atoms with Crippen LogP contribution >= 0.6 is 0 Å². The van der Waals surface area contributed by atoms with E-state index in [0.29, 0.717) is 24.4 Å². The summed E-state index contributed by atoms with van der Waals surface area (Å²) in [6, 6.07) is 20.1. The fourth-order valence-electron chi connectivity index (χ4n) is 2.70. The first-order valence-corrected chi connectivity index (χ1v) is 8.62. The summed E-state index contributed by atoms with van der Waals surface area (Å²) < 4.78 is 5.06. The average Bonchev–Trinajstić information content (AvgIpc) is 2.71. The molecule has 0 aliphatic rings. The molecule has 3 aromatic carbocycles. The highest BCUT2D eigenvalue weighted by Crippen LogP contribution is 2.22. The lowest BCUT2D eigenvalue weighted by molar-refractivity contribution is 0.0954. The second kappa shape index (κ2) is 8.71. The lowest BCUT2D eigenvalue weighted by Gasteiger charge is -2.11. The number of benzene rings is 3. The zero-order valence-corrected chi connectivity index (χ0v) is 15.0. The van der Waals surface area contributed by atoms with Crippen LogP contribution in [-0.4, -0.2) is 32.1 Å². The van der Waals surface area contributed by atoms with Crippen molar-refractivity contribution in [2.75, 3.05) is 25.5 Å². The van der Waals surface area contributed by atoms with Crippen LogP contribution in [0, 0.1) is 0 Å². The van der Waals surface area contributed by atoms with Crippen LogP contribution < -0.4 is 20.7 Å². The van der Waals surface area contributed by atoms with Crippen molar-refractivity contribution in [2.24, 2.45) is 0 Å². The smallest absolute Gasteiger partial charge is 0.319 e. The summed E-state index contributed by atoms with van der Waals surface area (Å²) in [6.07, 6.45) is 0. The molecule has 0 unspecified atom stereocenters. The maximum absolute atomic E-state index is 12.1. The molecular weight excluding hydrogens is 342 g/mol.